The smallest absolute Gasteiger partial charge is 0.116 e. The first-order chi connectivity index (χ1) is 14.3. The number of hydrogen-bond acceptors (Lipinski definition) is 1. The van der Waals surface area contributed by atoms with Crippen molar-refractivity contribution in [1.29, 1.82) is 0 Å². The maximum atomic E-state index is 5.38. The van der Waals surface area contributed by atoms with Gasteiger partial charge in [-0.05, 0) is 53.6 Å². The van der Waals surface area contributed by atoms with Crippen molar-refractivity contribution in [1.82, 2.24) is 0 Å². The average Bonchev–Trinajstić information content (AvgIpc) is 2.80. The Bertz CT molecular complexity index is 939. The van der Waals surface area contributed by atoms with Gasteiger partial charge in [0.15, 0.2) is 0 Å². The van der Waals surface area contributed by atoms with E-state index >= 15 is 0 Å². The minimum absolute atomic E-state index is 0. The molecule has 0 aliphatic carbocycles. The molecule has 0 radical (unpaired) electrons. The van der Waals surface area contributed by atoms with E-state index < -0.39 is 7.26 Å². The minimum Gasteiger partial charge on any atom is -1.00 e. The van der Waals surface area contributed by atoms with Crippen LogP contribution in [0.1, 0.15) is 11.1 Å². The topological polar surface area (TPSA) is 9.23 Å². The maximum Gasteiger partial charge on any atom is 0.116 e. The van der Waals surface area contributed by atoms with E-state index in [1.807, 2.05) is 0 Å². The fourth-order valence-corrected chi connectivity index (χ4v) is 8.26. The van der Waals surface area contributed by atoms with Gasteiger partial charge in [0.25, 0.3) is 0 Å². The van der Waals surface area contributed by atoms with E-state index in [1.165, 1.54) is 27.0 Å². The van der Waals surface area contributed by atoms with Gasteiger partial charge in [0.05, 0.1) is 12.8 Å². The van der Waals surface area contributed by atoms with Crippen molar-refractivity contribution in [3.05, 3.63) is 126 Å². The Hall–Kier alpha value is -2.25. The molecule has 152 valence electrons. The Labute approximate surface area is 190 Å². The van der Waals surface area contributed by atoms with E-state index in [9.17, 15) is 0 Å². The van der Waals surface area contributed by atoms with Crippen molar-refractivity contribution < 1.29 is 21.7 Å². The van der Waals surface area contributed by atoms with Gasteiger partial charge in [0.2, 0.25) is 0 Å². The van der Waals surface area contributed by atoms with E-state index in [0.717, 1.165) is 6.16 Å². The number of halogens is 1. The second-order valence-corrected chi connectivity index (χ2v) is 10.7. The molecule has 4 rings (SSSR count). The first-order valence-electron chi connectivity index (χ1n) is 9.94. The number of ether oxygens (including phenoxy) is 1. The summed E-state index contributed by atoms with van der Waals surface area (Å²) in [5, 5.41) is 4.23. The number of methoxy groups -OCH3 is 1. The second-order valence-electron chi connectivity index (χ2n) is 7.23. The zero-order chi connectivity index (χ0) is 19.9. The fourth-order valence-electron chi connectivity index (χ4n) is 4.03. The monoisotopic (exact) mass is 476 g/mol. The number of hydrogen-bond donors (Lipinski definition) is 0. The molecular formula is C27H26BrOP. The van der Waals surface area contributed by atoms with E-state index in [0.29, 0.717) is 6.61 Å². The molecule has 0 amide bonds. The summed E-state index contributed by atoms with van der Waals surface area (Å²) in [7, 11) is -0.103. The molecular weight excluding hydrogens is 451 g/mol. The van der Waals surface area contributed by atoms with Gasteiger partial charge in [-0.1, -0.05) is 72.8 Å². The minimum atomic E-state index is -1.85. The third kappa shape index (κ3) is 4.73. The normalized spacial score (nSPS) is 11.0. The molecule has 0 saturated carbocycles. The molecule has 1 nitrogen and oxygen atoms in total. The lowest BCUT2D eigenvalue weighted by Crippen LogP contribution is -3.00. The van der Waals surface area contributed by atoms with Crippen molar-refractivity contribution >= 4 is 23.2 Å². The van der Waals surface area contributed by atoms with Crippen molar-refractivity contribution in [2.24, 2.45) is 0 Å². The Balaban J connectivity index is 0.00000256. The van der Waals surface area contributed by atoms with Crippen LogP contribution in [0.5, 0.6) is 0 Å². The standard InChI is InChI=1S/C27H26OP.BrH/c1-28-21-23-12-11-13-24(20-23)22-29(25-14-5-2-6-15-25,26-16-7-3-8-17-26)27-18-9-4-10-19-27;/h2-20H,21-22H2,1H3;1H/q+1;/p-1. The van der Waals surface area contributed by atoms with Crippen LogP contribution in [0.4, 0.5) is 0 Å². The van der Waals surface area contributed by atoms with Crippen LogP contribution in [-0.4, -0.2) is 7.11 Å². The Kier molecular flexibility index (Phi) is 7.99. The molecule has 0 heterocycles. The van der Waals surface area contributed by atoms with Crippen LogP contribution in [0.25, 0.3) is 0 Å². The van der Waals surface area contributed by atoms with Gasteiger partial charge in [-0.25, -0.2) is 0 Å². The lowest BCUT2D eigenvalue weighted by atomic mass is 10.1. The first kappa shape index (κ1) is 22.4. The lowest BCUT2D eigenvalue weighted by molar-refractivity contribution is -0.00000594. The summed E-state index contributed by atoms with van der Waals surface area (Å²) in [6, 6.07) is 41.9. The first-order valence-corrected chi connectivity index (χ1v) is 11.9. The molecule has 0 aliphatic heterocycles. The number of rotatable bonds is 7. The maximum absolute atomic E-state index is 5.38. The van der Waals surface area contributed by atoms with Crippen LogP contribution in [0.2, 0.25) is 0 Å². The van der Waals surface area contributed by atoms with Crippen LogP contribution in [0.3, 0.4) is 0 Å². The van der Waals surface area contributed by atoms with Gasteiger partial charge in [0, 0.05) is 7.11 Å². The summed E-state index contributed by atoms with van der Waals surface area (Å²) in [4.78, 5) is 0. The molecule has 0 N–H and O–H groups in total. The van der Waals surface area contributed by atoms with Gasteiger partial charge < -0.3 is 21.7 Å². The third-order valence-electron chi connectivity index (χ3n) is 5.31. The molecule has 4 aromatic carbocycles. The molecule has 0 saturated heterocycles. The van der Waals surface area contributed by atoms with E-state index in [2.05, 4.69) is 115 Å². The van der Waals surface area contributed by atoms with Gasteiger partial charge in [-0.3, -0.25) is 0 Å². The summed E-state index contributed by atoms with van der Waals surface area (Å²) in [6.45, 7) is 0.640. The summed E-state index contributed by atoms with van der Waals surface area (Å²) in [6.07, 6.45) is 0.989. The van der Waals surface area contributed by atoms with Crippen LogP contribution in [0.15, 0.2) is 115 Å². The molecule has 0 spiro atoms. The van der Waals surface area contributed by atoms with E-state index in [1.54, 1.807) is 7.11 Å². The van der Waals surface area contributed by atoms with Crippen molar-refractivity contribution in [2.75, 3.05) is 7.11 Å². The van der Waals surface area contributed by atoms with E-state index in [4.69, 9.17) is 4.74 Å². The average molecular weight is 477 g/mol. The Morgan fingerprint density at radius 1 is 0.567 bits per heavy atom. The third-order valence-corrected chi connectivity index (χ3v) is 9.69. The highest BCUT2D eigenvalue weighted by atomic mass is 79.9. The fraction of sp³-hybridized carbons (Fsp3) is 0.111. The van der Waals surface area contributed by atoms with Crippen LogP contribution in [0, 0.1) is 0 Å². The van der Waals surface area contributed by atoms with Crippen molar-refractivity contribution in [3.8, 4) is 0 Å². The van der Waals surface area contributed by atoms with Gasteiger partial charge in [0.1, 0.15) is 23.2 Å². The summed E-state index contributed by atoms with van der Waals surface area (Å²) >= 11 is 0. The zero-order valence-electron chi connectivity index (χ0n) is 17.1. The number of benzene rings is 4. The summed E-state index contributed by atoms with van der Waals surface area (Å²) in [5.74, 6) is 0. The van der Waals surface area contributed by atoms with Gasteiger partial charge in [-0.2, -0.15) is 0 Å². The predicted molar refractivity (Wildman–Crippen MR) is 126 cm³/mol. The van der Waals surface area contributed by atoms with Gasteiger partial charge >= 0.3 is 0 Å². The predicted octanol–water partition coefficient (Wildman–Crippen LogP) is 2.33. The summed E-state index contributed by atoms with van der Waals surface area (Å²) < 4.78 is 5.38. The largest absolute Gasteiger partial charge is 1.00 e. The highest BCUT2D eigenvalue weighted by Gasteiger charge is 2.45. The SMILES string of the molecule is COCc1cccc(C[P+](c2ccccc2)(c2ccccc2)c2ccccc2)c1.[Br-]. The molecule has 0 aromatic heterocycles. The molecule has 0 atom stereocenters. The van der Waals surface area contributed by atoms with Crippen molar-refractivity contribution in [3.63, 3.8) is 0 Å². The Morgan fingerprint density at radius 2 is 1.00 bits per heavy atom. The summed E-state index contributed by atoms with van der Waals surface area (Å²) in [5.41, 5.74) is 2.57. The quantitative estimate of drug-likeness (QED) is 0.372. The highest BCUT2D eigenvalue weighted by molar-refractivity contribution is 7.95. The Morgan fingerprint density at radius 3 is 1.43 bits per heavy atom. The molecule has 30 heavy (non-hydrogen) atoms. The van der Waals surface area contributed by atoms with E-state index in [-0.39, 0.29) is 17.0 Å². The molecule has 0 unspecified atom stereocenters. The molecule has 0 aliphatic rings. The molecule has 4 aromatic rings. The lowest BCUT2D eigenvalue weighted by Gasteiger charge is -2.28. The van der Waals surface area contributed by atoms with Crippen LogP contribution >= 0.6 is 7.26 Å². The molecule has 0 fully saturated rings. The van der Waals surface area contributed by atoms with Crippen LogP contribution in [-0.2, 0) is 17.5 Å². The zero-order valence-corrected chi connectivity index (χ0v) is 19.6. The van der Waals surface area contributed by atoms with Crippen LogP contribution < -0.4 is 32.9 Å². The van der Waals surface area contributed by atoms with Gasteiger partial charge in [-0.15, -0.1) is 0 Å². The molecule has 0 bridgehead atoms. The highest BCUT2D eigenvalue weighted by Crippen LogP contribution is 2.58. The van der Waals surface area contributed by atoms with Crippen molar-refractivity contribution in [2.45, 2.75) is 12.8 Å². The molecule has 3 heteroatoms. The second kappa shape index (κ2) is 10.7.